The number of anilines is 1. The Bertz CT molecular complexity index is 1730. The Hall–Kier alpha value is -4.77. The normalized spacial score (nSPS) is 18.1. The quantitative estimate of drug-likeness (QED) is 0.122. The van der Waals surface area contributed by atoms with Crippen molar-refractivity contribution in [2.24, 2.45) is 0 Å². The molecule has 1 atom stereocenters. The molecule has 1 amide bonds. The molecule has 4 aromatic rings. The summed E-state index contributed by atoms with van der Waals surface area (Å²) in [5.41, 5.74) is 3.03. The van der Waals surface area contributed by atoms with Gasteiger partial charge in [0.05, 0.1) is 26.8 Å². The number of benzene rings is 3. The van der Waals surface area contributed by atoms with Crippen molar-refractivity contribution in [1.29, 1.82) is 0 Å². The molecule has 6 rings (SSSR count). The van der Waals surface area contributed by atoms with Gasteiger partial charge in [-0.2, -0.15) is 0 Å². The van der Waals surface area contributed by atoms with Crippen LogP contribution in [0.5, 0.6) is 11.5 Å². The number of Topliss-reactive ketones (excluding diaryl/α,β-unsaturated/α-hetero) is 1. The highest BCUT2D eigenvalue weighted by molar-refractivity contribution is 7.22. The standard InChI is InChI=1S/C28H21N3O7S/c1-14-11-15(2)23-21(12-14)39-28(29-23)30-24(16-3-6-18(7-4-16)31(35)36)22(26(33)27(30)34)25(32)17-5-8-19-20(13-17)38-10-9-37-19/h3-8,11-13,24,32H,9-10H2,1-2H3/b25-22+/t24-/m0/s1. The highest BCUT2D eigenvalue weighted by Crippen LogP contribution is 2.45. The van der Waals surface area contributed by atoms with Crippen LogP contribution in [0, 0.1) is 24.0 Å². The lowest BCUT2D eigenvalue weighted by Gasteiger charge is -2.23. The van der Waals surface area contributed by atoms with Crippen LogP contribution in [-0.4, -0.2) is 39.9 Å². The number of nitro groups is 1. The number of aryl methyl sites for hydroxylation is 2. The maximum absolute atomic E-state index is 13.5. The molecule has 0 unspecified atom stereocenters. The molecule has 2 aliphatic rings. The molecule has 39 heavy (non-hydrogen) atoms. The first-order valence-corrected chi connectivity index (χ1v) is 12.9. The Morgan fingerprint density at radius 1 is 1.05 bits per heavy atom. The van der Waals surface area contributed by atoms with Gasteiger partial charge in [0.2, 0.25) is 0 Å². The van der Waals surface area contributed by atoms with Crippen molar-refractivity contribution in [3.63, 3.8) is 0 Å². The predicted molar refractivity (Wildman–Crippen MR) is 144 cm³/mol. The van der Waals surface area contributed by atoms with Crippen molar-refractivity contribution in [1.82, 2.24) is 4.98 Å². The topological polar surface area (TPSA) is 132 Å². The molecule has 2 aliphatic heterocycles. The lowest BCUT2D eigenvalue weighted by molar-refractivity contribution is -0.384. The fourth-order valence-corrected chi connectivity index (χ4v) is 6.10. The van der Waals surface area contributed by atoms with Crippen molar-refractivity contribution in [2.45, 2.75) is 19.9 Å². The number of carbonyl (C=O) groups excluding carboxylic acids is 2. The summed E-state index contributed by atoms with van der Waals surface area (Å²) in [5.74, 6) is -1.23. The van der Waals surface area contributed by atoms with Crippen LogP contribution in [0.1, 0.15) is 28.3 Å². The molecule has 1 saturated heterocycles. The van der Waals surface area contributed by atoms with E-state index in [1.807, 2.05) is 26.0 Å². The number of ether oxygens (including phenoxy) is 2. The van der Waals surface area contributed by atoms with Crippen molar-refractivity contribution < 1.29 is 29.1 Å². The summed E-state index contributed by atoms with van der Waals surface area (Å²) in [6.07, 6.45) is 0. The monoisotopic (exact) mass is 543 g/mol. The number of hydrogen-bond acceptors (Lipinski definition) is 9. The van der Waals surface area contributed by atoms with Crippen LogP contribution in [-0.2, 0) is 9.59 Å². The molecule has 0 radical (unpaired) electrons. The summed E-state index contributed by atoms with van der Waals surface area (Å²) in [5, 5.41) is 23.0. The molecule has 11 heteroatoms. The zero-order valence-corrected chi connectivity index (χ0v) is 21.7. The summed E-state index contributed by atoms with van der Waals surface area (Å²) < 4.78 is 12.0. The Labute approximate surface area is 225 Å². The highest BCUT2D eigenvalue weighted by Gasteiger charge is 2.48. The number of aromatic nitrogens is 1. The lowest BCUT2D eigenvalue weighted by atomic mass is 9.95. The number of aliphatic hydroxyl groups is 1. The number of amides is 1. The van der Waals surface area contributed by atoms with Crippen molar-refractivity contribution in [3.05, 3.63) is 92.5 Å². The van der Waals surface area contributed by atoms with Crippen molar-refractivity contribution in [2.75, 3.05) is 18.1 Å². The number of hydrogen-bond donors (Lipinski definition) is 1. The number of nitrogens with zero attached hydrogens (tertiary/aromatic N) is 3. The highest BCUT2D eigenvalue weighted by atomic mass is 32.1. The zero-order chi connectivity index (χ0) is 27.4. The second kappa shape index (κ2) is 9.21. The fraction of sp³-hybridized carbons (Fsp3) is 0.179. The molecule has 1 N–H and O–H groups in total. The third kappa shape index (κ3) is 4.07. The van der Waals surface area contributed by atoms with Gasteiger partial charge in [-0.05, 0) is 66.9 Å². The molecule has 1 aromatic heterocycles. The minimum absolute atomic E-state index is 0.145. The first kappa shape index (κ1) is 24.6. The molecule has 3 aromatic carbocycles. The van der Waals surface area contributed by atoms with Crippen LogP contribution < -0.4 is 14.4 Å². The van der Waals surface area contributed by atoms with Gasteiger partial charge in [-0.25, -0.2) is 4.98 Å². The smallest absolute Gasteiger partial charge is 0.301 e. The van der Waals surface area contributed by atoms with Gasteiger partial charge < -0.3 is 14.6 Å². The molecule has 196 valence electrons. The molecule has 0 aliphatic carbocycles. The number of ketones is 1. The van der Waals surface area contributed by atoms with E-state index in [4.69, 9.17) is 9.47 Å². The molecule has 3 heterocycles. The third-order valence-electron chi connectivity index (χ3n) is 6.70. The van der Waals surface area contributed by atoms with Gasteiger partial charge in [0.25, 0.3) is 11.5 Å². The average Bonchev–Trinajstić information content (AvgIpc) is 3.46. The molecular formula is C28H21N3O7S. The van der Waals surface area contributed by atoms with Gasteiger partial charge in [-0.15, -0.1) is 0 Å². The maximum atomic E-state index is 13.5. The van der Waals surface area contributed by atoms with Gasteiger partial charge in [-0.1, -0.05) is 17.4 Å². The van der Waals surface area contributed by atoms with E-state index in [0.29, 0.717) is 35.8 Å². The first-order chi connectivity index (χ1) is 18.7. The van der Waals surface area contributed by atoms with E-state index in [1.165, 1.54) is 40.5 Å². The summed E-state index contributed by atoms with van der Waals surface area (Å²) >= 11 is 1.26. The van der Waals surface area contributed by atoms with Gasteiger partial charge in [0.15, 0.2) is 16.6 Å². The average molecular weight is 544 g/mol. The van der Waals surface area contributed by atoms with E-state index >= 15 is 0 Å². The maximum Gasteiger partial charge on any atom is 0.301 e. The number of fused-ring (bicyclic) bond motifs is 2. The molecular weight excluding hydrogens is 522 g/mol. The fourth-order valence-electron chi connectivity index (χ4n) is 4.93. The Balaban J connectivity index is 1.55. The van der Waals surface area contributed by atoms with Crippen LogP contribution >= 0.6 is 11.3 Å². The largest absolute Gasteiger partial charge is 0.507 e. The Morgan fingerprint density at radius 2 is 1.77 bits per heavy atom. The second-order valence-corrected chi connectivity index (χ2v) is 10.3. The summed E-state index contributed by atoms with van der Waals surface area (Å²) in [6, 6.07) is 13.2. The SMILES string of the molecule is Cc1cc(C)c2nc(N3C(=O)C(=O)/C(=C(/O)c4ccc5c(c4)OCCO5)[C@@H]3c3ccc([N+](=O)[O-])cc3)sc2c1. The second-order valence-electron chi connectivity index (χ2n) is 9.30. The summed E-state index contributed by atoms with van der Waals surface area (Å²) in [4.78, 5) is 43.7. The minimum Gasteiger partial charge on any atom is -0.507 e. The van der Waals surface area contributed by atoms with Crippen LogP contribution in [0.4, 0.5) is 10.8 Å². The molecule has 0 spiro atoms. The van der Waals surface area contributed by atoms with Crippen molar-refractivity contribution >= 4 is 49.8 Å². The first-order valence-electron chi connectivity index (χ1n) is 12.1. The Morgan fingerprint density at radius 3 is 2.49 bits per heavy atom. The number of nitro benzene ring substituents is 1. The lowest BCUT2D eigenvalue weighted by Crippen LogP contribution is -2.29. The van der Waals surface area contributed by atoms with Crippen molar-refractivity contribution in [3.8, 4) is 11.5 Å². The van der Waals surface area contributed by atoms with Gasteiger partial charge in [-0.3, -0.25) is 24.6 Å². The van der Waals surface area contributed by atoms with E-state index in [-0.39, 0.29) is 22.0 Å². The van der Waals surface area contributed by atoms with E-state index in [2.05, 4.69) is 4.98 Å². The number of carbonyl (C=O) groups is 2. The van der Waals surface area contributed by atoms with E-state index in [9.17, 15) is 24.8 Å². The minimum atomic E-state index is -1.07. The van der Waals surface area contributed by atoms with Gasteiger partial charge in [0, 0.05) is 17.7 Å². The van der Waals surface area contributed by atoms with Crippen LogP contribution in [0.25, 0.3) is 16.0 Å². The zero-order valence-electron chi connectivity index (χ0n) is 20.8. The Kier molecular flexibility index (Phi) is 5.80. The molecule has 1 fully saturated rings. The number of rotatable bonds is 4. The van der Waals surface area contributed by atoms with Gasteiger partial charge >= 0.3 is 5.91 Å². The molecule has 0 bridgehead atoms. The third-order valence-corrected chi connectivity index (χ3v) is 7.71. The van der Waals surface area contributed by atoms with E-state index in [0.717, 1.165) is 15.8 Å². The van der Waals surface area contributed by atoms with Crippen LogP contribution in [0.15, 0.2) is 60.2 Å². The van der Waals surface area contributed by atoms with Crippen LogP contribution in [0.3, 0.4) is 0 Å². The summed E-state index contributed by atoms with van der Waals surface area (Å²) in [7, 11) is 0. The van der Waals surface area contributed by atoms with Crippen LogP contribution in [0.2, 0.25) is 0 Å². The molecule has 0 saturated carbocycles. The van der Waals surface area contributed by atoms with E-state index < -0.39 is 28.4 Å². The number of aliphatic hydroxyl groups excluding tert-OH is 1. The van der Waals surface area contributed by atoms with Gasteiger partial charge in [0.1, 0.15) is 19.0 Å². The summed E-state index contributed by atoms with van der Waals surface area (Å²) in [6.45, 7) is 4.61. The van der Waals surface area contributed by atoms with E-state index in [1.54, 1.807) is 18.2 Å². The molecule has 10 nitrogen and oxygen atoms in total. The number of non-ortho nitro benzene ring substituents is 1. The number of thiazole rings is 1. The predicted octanol–water partition coefficient (Wildman–Crippen LogP) is 5.22.